The van der Waals surface area contributed by atoms with Crippen LogP contribution >= 0.6 is 11.6 Å². The van der Waals surface area contributed by atoms with Gasteiger partial charge in [0.05, 0.1) is 24.3 Å². The Morgan fingerprint density at radius 3 is 2.95 bits per heavy atom. The molecule has 0 saturated carbocycles. The van der Waals surface area contributed by atoms with Crippen LogP contribution in [-0.2, 0) is 4.74 Å². The second kappa shape index (κ2) is 6.91. The summed E-state index contributed by atoms with van der Waals surface area (Å²) in [6.07, 6.45) is 0.952. The summed E-state index contributed by atoms with van der Waals surface area (Å²) in [6, 6.07) is 1.55. The van der Waals surface area contributed by atoms with Gasteiger partial charge in [-0.2, -0.15) is 0 Å². The fourth-order valence-corrected chi connectivity index (χ4v) is 2.11. The average Bonchev–Trinajstić information content (AvgIpc) is 2.84. The highest BCUT2D eigenvalue weighted by Gasteiger charge is 2.16. The third-order valence-corrected chi connectivity index (χ3v) is 3.18. The van der Waals surface area contributed by atoms with Crippen molar-refractivity contribution < 1.29 is 14.6 Å². The van der Waals surface area contributed by atoms with E-state index in [2.05, 4.69) is 15.2 Å². The van der Waals surface area contributed by atoms with Gasteiger partial charge in [0.2, 0.25) is 0 Å². The van der Waals surface area contributed by atoms with Crippen molar-refractivity contribution in [1.82, 2.24) is 15.2 Å². The third kappa shape index (κ3) is 4.50. The van der Waals surface area contributed by atoms with Gasteiger partial charge in [0.25, 0.3) is 5.91 Å². The number of rotatable bonds is 5. The summed E-state index contributed by atoms with van der Waals surface area (Å²) in [4.78, 5) is 16.6. The maximum Gasteiger partial charge on any atom is 0.267 e. The maximum atomic E-state index is 11.7. The van der Waals surface area contributed by atoms with Crippen LogP contribution in [0.1, 0.15) is 10.5 Å². The molecular weight excluding hydrogens is 270 g/mol. The molecular formula is C12H18ClN3O3. The van der Waals surface area contributed by atoms with Crippen LogP contribution in [0, 0.1) is 0 Å². The first kappa shape index (κ1) is 14.3. The van der Waals surface area contributed by atoms with Gasteiger partial charge in [-0.15, -0.1) is 0 Å². The van der Waals surface area contributed by atoms with Crippen LogP contribution in [0.5, 0.6) is 0 Å². The number of carbonyl (C=O) groups excluding carboxylic acids is 1. The fraction of sp³-hybridized carbons (Fsp3) is 0.583. The van der Waals surface area contributed by atoms with E-state index in [-0.39, 0.29) is 12.5 Å². The summed E-state index contributed by atoms with van der Waals surface area (Å²) in [5, 5.41) is 13.0. The van der Waals surface area contributed by atoms with Crippen LogP contribution in [0.3, 0.4) is 0 Å². The van der Waals surface area contributed by atoms with Gasteiger partial charge in [0.1, 0.15) is 5.69 Å². The zero-order chi connectivity index (χ0) is 13.7. The van der Waals surface area contributed by atoms with Crippen LogP contribution in [0.4, 0.5) is 0 Å². The zero-order valence-electron chi connectivity index (χ0n) is 10.6. The highest BCUT2D eigenvalue weighted by Crippen LogP contribution is 2.09. The summed E-state index contributed by atoms with van der Waals surface area (Å²) >= 11 is 5.72. The minimum absolute atomic E-state index is 0.215. The summed E-state index contributed by atoms with van der Waals surface area (Å²) in [5.74, 6) is -0.270. The van der Waals surface area contributed by atoms with Crippen LogP contribution in [0.2, 0.25) is 5.02 Å². The summed E-state index contributed by atoms with van der Waals surface area (Å²) in [7, 11) is 0. The van der Waals surface area contributed by atoms with Crippen molar-refractivity contribution in [3.05, 3.63) is 23.0 Å². The van der Waals surface area contributed by atoms with Crippen molar-refractivity contribution in [2.24, 2.45) is 0 Å². The molecule has 6 nitrogen and oxygen atoms in total. The van der Waals surface area contributed by atoms with E-state index >= 15 is 0 Å². The number of aromatic amines is 1. The quantitative estimate of drug-likeness (QED) is 0.717. The molecule has 0 aromatic carbocycles. The van der Waals surface area contributed by atoms with E-state index in [1.807, 2.05) is 0 Å². The number of β-amino-alcohol motifs (C(OH)–C–C–N with tert-alkyl or cyclic N) is 1. The number of amides is 1. The number of aliphatic hydroxyl groups excluding tert-OH is 1. The molecule has 0 radical (unpaired) electrons. The summed E-state index contributed by atoms with van der Waals surface area (Å²) in [6.45, 7) is 3.77. The molecule has 2 rings (SSSR count). The van der Waals surface area contributed by atoms with E-state index in [4.69, 9.17) is 16.3 Å². The molecule has 1 aromatic heterocycles. The second-order valence-corrected chi connectivity index (χ2v) is 4.94. The molecule has 7 heteroatoms. The van der Waals surface area contributed by atoms with Gasteiger partial charge in [-0.25, -0.2) is 0 Å². The number of aromatic nitrogens is 1. The van der Waals surface area contributed by atoms with E-state index < -0.39 is 6.10 Å². The van der Waals surface area contributed by atoms with Crippen LogP contribution < -0.4 is 5.32 Å². The van der Waals surface area contributed by atoms with E-state index in [1.54, 1.807) is 12.3 Å². The molecule has 0 aliphatic carbocycles. The van der Waals surface area contributed by atoms with Crippen molar-refractivity contribution in [2.45, 2.75) is 6.10 Å². The molecule has 0 spiro atoms. The van der Waals surface area contributed by atoms with Gasteiger partial charge in [0, 0.05) is 32.4 Å². The van der Waals surface area contributed by atoms with Crippen LogP contribution in [0.15, 0.2) is 12.3 Å². The lowest BCUT2D eigenvalue weighted by molar-refractivity contribution is 0.0149. The van der Waals surface area contributed by atoms with Gasteiger partial charge in [-0.05, 0) is 6.07 Å². The average molecular weight is 288 g/mol. The Morgan fingerprint density at radius 1 is 1.58 bits per heavy atom. The molecule has 2 heterocycles. The number of nitrogens with one attached hydrogen (secondary N) is 2. The standard InChI is InChI=1S/C12H18ClN3O3/c13-9-5-11(14-6-9)12(18)15-7-10(17)8-16-1-3-19-4-2-16/h5-6,10,14,17H,1-4,7-8H2,(H,15,18). The molecule has 1 aliphatic heterocycles. The Hall–Kier alpha value is -1.08. The van der Waals surface area contributed by atoms with E-state index in [1.165, 1.54) is 0 Å². The van der Waals surface area contributed by atoms with Crippen LogP contribution in [0.25, 0.3) is 0 Å². The van der Waals surface area contributed by atoms with E-state index in [0.29, 0.717) is 30.5 Å². The Labute approximate surface area is 116 Å². The van der Waals surface area contributed by atoms with Crippen molar-refractivity contribution in [3.63, 3.8) is 0 Å². The van der Waals surface area contributed by atoms with Crippen molar-refractivity contribution in [2.75, 3.05) is 39.4 Å². The number of H-pyrrole nitrogens is 1. The second-order valence-electron chi connectivity index (χ2n) is 4.51. The molecule has 1 aliphatic rings. The fourth-order valence-electron chi connectivity index (χ4n) is 1.95. The molecule has 1 fully saturated rings. The number of hydrogen-bond donors (Lipinski definition) is 3. The lowest BCUT2D eigenvalue weighted by Crippen LogP contribution is -2.44. The predicted octanol–water partition coefficient (Wildman–Crippen LogP) is 0.0910. The first-order chi connectivity index (χ1) is 9.15. The molecule has 106 valence electrons. The molecule has 1 atom stereocenters. The number of hydrogen-bond acceptors (Lipinski definition) is 4. The van der Waals surface area contributed by atoms with Gasteiger partial charge in [-0.3, -0.25) is 9.69 Å². The van der Waals surface area contributed by atoms with Crippen molar-refractivity contribution >= 4 is 17.5 Å². The summed E-state index contributed by atoms with van der Waals surface area (Å²) in [5.41, 5.74) is 0.392. The molecule has 1 aromatic rings. The minimum Gasteiger partial charge on any atom is -0.390 e. The minimum atomic E-state index is -0.590. The molecule has 19 heavy (non-hydrogen) atoms. The highest BCUT2D eigenvalue weighted by molar-refractivity contribution is 6.30. The number of halogens is 1. The van der Waals surface area contributed by atoms with E-state index in [9.17, 15) is 9.90 Å². The predicted molar refractivity (Wildman–Crippen MR) is 71.4 cm³/mol. The lowest BCUT2D eigenvalue weighted by Gasteiger charge is -2.28. The monoisotopic (exact) mass is 287 g/mol. The highest BCUT2D eigenvalue weighted by atomic mass is 35.5. The maximum absolute atomic E-state index is 11.7. The van der Waals surface area contributed by atoms with Gasteiger partial charge < -0.3 is 20.1 Å². The molecule has 1 amide bonds. The number of nitrogens with zero attached hydrogens (tertiary/aromatic N) is 1. The first-order valence-electron chi connectivity index (χ1n) is 6.25. The Balaban J connectivity index is 1.70. The third-order valence-electron chi connectivity index (χ3n) is 2.96. The smallest absolute Gasteiger partial charge is 0.267 e. The Kier molecular flexibility index (Phi) is 5.21. The Bertz CT molecular complexity index is 418. The SMILES string of the molecule is O=C(NCC(O)CN1CCOCC1)c1cc(Cl)c[nH]1. The Morgan fingerprint density at radius 2 is 2.32 bits per heavy atom. The molecule has 3 N–H and O–H groups in total. The normalized spacial score (nSPS) is 18.2. The number of aliphatic hydroxyl groups is 1. The molecule has 0 bridgehead atoms. The zero-order valence-corrected chi connectivity index (χ0v) is 11.3. The number of morpholine rings is 1. The number of ether oxygens (including phenoxy) is 1. The molecule has 1 saturated heterocycles. The van der Waals surface area contributed by atoms with Crippen molar-refractivity contribution in [3.8, 4) is 0 Å². The number of carbonyl (C=O) groups is 1. The van der Waals surface area contributed by atoms with Crippen molar-refractivity contribution in [1.29, 1.82) is 0 Å². The van der Waals surface area contributed by atoms with Gasteiger partial charge >= 0.3 is 0 Å². The molecule has 1 unspecified atom stereocenters. The first-order valence-corrected chi connectivity index (χ1v) is 6.63. The largest absolute Gasteiger partial charge is 0.390 e. The van der Waals surface area contributed by atoms with Crippen LogP contribution in [-0.4, -0.2) is 66.4 Å². The topological polar surface area (TPSA) is 77.6 Å². The summed E-state index contributed by atoms with van der Waals surface area (Å²) < 4.78 is 5.23. The lowest BCUT2D eigenvalue weighted by atomic mass is 10.3. The van der Waals surface area contributed by atoms with Gasteiger partial charge in [0.15, 0.2) is 0 Å². The van der Waals surface area contributed by atoms with Gasteiger partial charge in [-0.1, -0.05) is 11.6 Å². The van der Waals surface area contributed by atoms with E-state index in [0.717, 1.165) is 13.1 Å².